The number of hydrogen-bond acceptors (Lipinski definition) is 4. The molecule has 0 aliphatic heterocycles. The fourth-order valence-corrected chi connectivity index (χ4v) is 3.08. The van der Waals surface area contributed by atoms with Crippen molar-refractivity contribution in [3.05, 3.63) is 53.6 Å². The average Bonchev–Trinajstić information content (AvgIpc) is 2.62. The molecular weight excluding hydrogens is 350 g/mol. The van der Waals surface area contributed by atoms with Gasteiger partial charge in [-0.25, -0.2) is 0 Å². The van der Waals surface area contributed by atoms with Gasteiger partial charge in [-0.2, -0.15) is 0 Å². The maximum absolute atomic E-state index is 5.38. The van der Waals surface area contributed by atoms with Crippen molar-refractivity contribution in [2.45, 2.75) is 38.8 Å². The molecule has 0 fully saturated rings. The van der Waals surface area contributed by atoms with Crippen LogP contribution >= 0.6 is 12.4 Å². The van der Waals surface area contributed by atoms with Gasteiger partial charge >= 0.3 is 0 Å². The molecule has 0 aromatic heterocycles. The fourth-order valence-electron chi connectivity index (χ4n) is 3.08. The van der Waals surface area contributed by atoms with Crippen molar-refractivity contribution in [1.29, 1.82) is 0 Å². The van der Waals surface area contributed by atoms with Gasteiger partial charge in [0.2, 0.25) is 0 Å². The van der Waals surface area contributed by atoms with E-state index in [4.69, 9.17) is 14.2 Å². The van der Waals surface area contributed by atoms with Crippen molar-refractivity contribution in [2.24, 2.45) is 0 Å². The first-order valence-electron chi connectivity index (χ1n) is 8.65. The summed E-state index contributed by atoms with van der Waals surface area (Å²) in [7, 11) is 5.01. The second-order valence-electron chi connectivity index (χ2n) is 6.41. The SMILES string of the molecule is COc1ccc(CC(C)NC(C)Cc2ccc(OC)c(OC)c2)cc1.Cl. The Hall–Kier alpha value is -1.91. The van der Waals surface area contributed by atoms with E-state index in [0.29, 0.717) is 12.1 Å². The molecule has 2 atom stereocenters. The Morgan fingerprint density at radius 1 is 0.731 bits per heavy atom. The van der Waals surface area contributed by atoms with Crippen molar-refractivity contribution < 1.29 is 14.2 Å². The fraction of sp³-hybridized carbons (Fsp3) is 0.429. The van der Waals surface area contributed by atoms with Crippen LogP contribution in [-0.4, -0.2) is 33.4 Å². The Labute approximate surface area is 163 Å². The molecule has 26 heavy (non-hydrogen) atoms. The number of benzene rings is 2. The highest BCUT2D eigenvalue weighted by Crippen LogP contribution is 2.28. The Morgan fingerprint density at radius 2 is 1.27 bits per heavy atom. The summed E-state index contributed by atoms with van der Waals surface area (Å²) in [5, 5.41) is 3.67. The van der Waals surface area contributed by atoms with E-state index in [-0.39, 0.29) is 12.4 Å². The first-order valence-corrected chi connectivity index (χ1v) is 8.65. The summed E-state index contributed by atoms with van der Waals surface area (Å²) in [5.41, 5.74) is 2.54. The Balaban J connectivity index is 0.00000338. The lowest BCUT2D eigenvalue weighted by Crippen LogP contribution is -2.37. The van der Waals surface area contributed by atoms with Crippen molar-refractivity contribution >= 4 is 12.4 Å². The highest BCUT2D eigenvalue weighted by atomic mass is 35.5. The van der Waals surface area contributed by atoms with E-state index in [1.165, 1.54) is 11.1 Å². The van der Waals surface area contributed by atoms with E-state index < -0.39 is 0 Å². The minimum atomic E-state index is 0. The average molecular weight is 380 g/mol. The van der Waals surface area contributed by atoms with Crippen LogP contribution in [0.5, 0.6) is 17.2 Å². The van der Waals surface area contributed by atoms with Gasteiger partial charge in [0.1, 0.15) is 5.75 Å². The predicted molar refractivity (Wildman–Crippen MR) is 109 cm³/mol. The minimum Gasteiger partial charge on any atom is -0.497 e. The zero-order valence-electron chi connectivity index (χ0n) is 16.2. The molecule has 4 nitrogen and oxygen atoms in total. The molecule has 0 saturated carbocycles. The van der Waals surface area contributed by atoms with Gasteiger partial charge in [0.25, 0.3) is 0 Å². The highest BCUT2D eigenvalue weighted by Gasteiger charge is 2.11. The van der Waals surface area contributed by atoms with Crippen LogP contribution in [-0.2, 0) is 12.8 Å². The van der Waals surface area contributed by atoms with Gasteiger partial charge < -0.3 is 19.5 Å². The van der Waals surface area contributed by atoms with Gasteiger partial charge in [-0.15, -0.1) is 12.4 Å². The van der Waals surface area contributed by atoms with E-state index in [9.17, 15) is 0 Å². The van der Waals surface area contributed by atoms with Crippen LogP contribution in [0.2, 0.25) is 0 Å². The van der Waals surface area contributed by atoms with Crippen molar-refractivity contribution in [3.8, 4) is 17.2 Å². The van der Waals surface area contributed by atoms with Crippen LogP contribution in [0, 0.1) is 0 Å². The zero-order chi connectivity index (χ0) is 18.2. The molecule has 2 aromatic rings. The van der Waals surface area contributed by atoms with Crippen LogP contribution in [0.3, 0.4) is 0 Å². The van der Waals surface area contributed by atoms with Crippen LogP contribution in [0.25, 0.3) is 0 Å². The Morgan fingerprint density at radius 3 is 1.81 bits per heavy atom. The molecule has 0 aliphatic rings. The number of halogens is 1. The number of rotatable bonds is 9. The van der Waals surface area contributed by atoms with Crippen molar-refractivity contribution in [1.82, 2.24) is 5.32 Å². The van der Waals surface area contributed by atoms with Crippen LogP contribution < -0.4 is 19.5 Å². The van der Waals surface area contributed by atoms with E-state index in [0.717, 1.165) is 30.1 Å². The van der Waals surface area contributed by atoms with E-state index in [1.807, 2.05) is 24.3 Å². The summed E-state index contributed by atoms with van der Waals surface area (Å²) in [6, 6.07) is 15.1. The van der Waals surface area contributed by atoms with Crippen LogP contribution in [0.15, 0.2) is 42.5 Å². The van der Waals surface area contributed by atoms with Crippen LogP contribution in [0.1, 0.15) is 25.0 Å². The summed E-state index contributed by atoms with van der Waals surface area (Å²) in [5.74, 6) is 2.43. The molecule has 0 aliphatic carbocycles. The molecular formula is C21H30ClNO3. The van der Waals surface area contributed by atoms with Crippen molar-refractivity contribution in [3.63, 3.8) is 0 Å². The van der Waals surface area contributed by atoms with Crippen molar-refractivity contribution in [2.75, 3.05) is 21.3 Å². The quantitative estimate of drug-likeness (QED) is 0.705. The van der Waals surface area contributed by atoms with Crippen LogP contribution in [0.4, 0.5) is 0 Å². The molecule has 0 heterocycles. The number of nitrogens with one attached hydrogen (secondary N) is 1. The second-order valence-corrected chi connectivity index (χ2v) is 6.41. The van der Waals surface area contributed by atoms with Gasteiger partial charge in [0.15, 0.2) is 11.5 Å². The topological polar surface area (TPSA) is 39.7 Å². The predicted octanol–water partition coefficient (Wildman–Crippen LogP) is 4.29. The third kappa shape index (κ3) is 6.43. The summed E-state index contributed by atoms with van der Waals surface area (Å²) < 4.78 is 15.9. The standard InChI is InChI=1S/C21H29NO3.ClH/c1-15(12-17-6-9-19(23-3)10-7-17)22-16(2)13-18-8-11-20(24-4)21(14-18)25-5;/h6-11,14-16,22H,12-13H2,1-5H3;1H. The summed E-state index contributed by atoms with van der Waals surface area (Å²) in [6.45, 7) is 4.43. The maximum Gasteiger partial charge on any atom is 0.160 e. The molecule has 0 saturated heterocycles. The van der Waals surface area contributed by atoms with Gasteiger partial charge in [-0.1, -0.05) is 18.2 Å². The molecule has 144 valence electrons. The van der Waals surface area contributed by atoms with E-state index in [1.54, 1.807) is 21.3 Å². The summed E-state index contributed by atoms with van der Waals surface area (Å²) >= 11 is 0. The molecule has 1 N–H and O–H groups in total. The van der Waals surface area contributed by atoms with Gasteiger partial charge in [0.05, 0.1) is 21.3 Å². The molecule has 0 radical (unpaired) electrons. The number of ether oxygens (including phenoxy) is 3. The summed E-state index contributed by atoms with van der Waals surface area (Å²) in [4.78, 5) is 0. The first kappa shape index (κ1) is 22.1. The third-order valence-electron chi connectivity index (χ3n) is 4.26. The zero-order valence-corrected chi connectivity index (χ0v) is 17.1. The molecule has 2 unspecified atom stereocenters. The molecule has 5 heteroatoms. The highest BCUT2D eigenvalue weighted by molar-refractivity contribution is 5.85. The van der Waals surface area contributed by atoms with Gasteiger partial charge in [0, 0.05) is 12.1 Å². The molecule has 0 spiro atoms. The molecule has 0 bridgehead atoms. The minimum absolute atomic E-state index is 0. The Bertz CT molecular complexity index is 661. The summed E-state index contributed by atoms with van der Waals surface area (Å²) in [6.07, 6.45) is 1.92. The van der Waals surface area contributed by atoms with E-state index in [2.05, 4.69) is 37.4 Å². The second kappa shape index (κ2) is 10.9. The normalized spacial score (nSPS) is 12.7. The maximum atomic E-state index is 5.38. The lowest BCUT2D eigenvalue weighted by atomic mass is 10.0. The van der Waals surface area contributed by atoms with Gasteiger partial charge in [-0.05, 0) is 62.1 Å². The molecule has 0 amide bonds. The smallest absolute Gasteiger partial charge is 0.160 e. The van der Waals surface area contributed by atoms with E-state index >= 15 is 0 Å². The molecule has 2 rings (SSSR count). The number of methoxy groups -OCH3 is 3. The lowest BCUT2D eigenvalue weighted by molar-refractivity contribution is 0.354. The number of hydrogen-bond donors (Lipinski definition) is 1. The first-order chi connectivity index (χ1) is 12.0. The monoisotopic (exact) mass is 379 g/mol. The third-order valence-corrected chi connectivity index (χ3v) is 4.26. The largest absolute Gasteiger partial charge is 0.497 e. The van der Waals surface area contributed by atoms with Gasteiger partial charge in [-0.3, -0.25) is 0 Å². The molecule has 2 aromatic carbocycles. The lowest BCUT2D eigenvalue weighted by Gasteiger charge is -2.21. The Kier molecular flexibility index (Phi) is 9.31.